The highest BCUT2D eigenvalue weighted by atomic mass is 32.1. The summed E-state index contributed by atoms with van der Waals surface area (Å²) in [7, 11) is 1.61. The van der Waals surface area contributed by atoms with Gasteiger partial charge < -0.3 is 10.6 Å². The molecule has 0 aliphatic rings. The second kappa shape index (κ2) is 7.57. The topological polar surface area (TPSA) is 76.3 Å². The number of carbonyl (C=O) groups excluding carboxylic acids is 2. The maximum atomic E-state index is 12.9. The Kier molecular flexibility index (Phi) is 5.72. The molecule has 1 heterocycles. The number of likely N-dealkylation sites (N-methyl/N-ethyl adjacent to an activating group) is 1. The van der Waals surface area contributed by atoms with E-state index in [1.54, 1.807) is 7.05 Å². The Morgan fingerprint density at radius 3 is 2.42 bits per heavy atom. The zero-order chi connectivity index (χ0) is 17.9. The highest BCUT2D eigenvalue weighted by molar-refractivity contribution is 7.15. The molecular weight excluding hydrogens is 322 g/mol. The third-order valence-corrected chi connectivity index (χ3v) is 4.80. The third kappa shape index (κ3) is 4.00. The number of hydrogen-bond acceptors (Lipinski definition) is 4. The van der Waals surface area contributed by atoms with Crippen molar-refractivity contribution in [1.29, 1.82) is 0 Å². The first-order chi connectivity index (χ1) is 11.3. The predicted octanol–water partition coefficient (Wildman–Crippen LogP) is 3.09. The third-order valence-electron chi connectivity index (χ3n) is 3.78. The van der Waals surface area contributed by atoms with Gasteiger partial charge in [0, 0.05) is 7.05 Å². The number of primary amides is 1. The van der Waals surface area contributed by atoms with E-state index in [-0.39, 0.29) is 11.8 Å². The van der Waals surface area contributed by atoms with Crippen LogP contribution in [0.15, 0.2) is 30.3 Å². The maximum absolute atomic E-state index is 12.9. The lowest BCUT2D eigenvalue weighted by atomic mass is 10.0. The molecule has 0 spiro atoms. The molecule has 1 aromatic heterocycles. The molecule has 2 rings (SSSR count). The fourth-order valence-corrected chi connectivity index (χ4v) is 3.49. The largest absolute Gasteiger partial charge is 0.368 e. The minimum atomic E-state index is -0.636. The Balaban J connectivity index is 2.37. The molecule has 0 saturated heterocycles. The van der Waals surface area contributed by atoms with Gasteiger partial charge >= 0.3 is 0 Å². The average molecular weight is 345 g/mol. The molecule has 0 radical (unpaired) electrons. The number of rotatable bonds is 6. The first-order valence-corrected chi connectivity index (χ1v) is 8.72. The Labute approximate surface area is 146 Å². The first-order valence-electron chi connectivity index (χ1n) is 7.90. The fourth-order valence-electron chi connectivity index (χ4n) is 2.58. The van der Waals surface area contributed by atoms with Crippen LogP contribution < -0.4 is 5.73 Å². The number of amides is 2. The monoisotopic (exact) mass is 345 g/mol. The van der Waals surface area contributed by atoms with Crippen molar-refractivity contribution in [3.8, 4) is 10.4 Å². The van der Waals surface area contributed by atoms with E-state index >= 15 is 0 Å². The van der Waals surface area contributed by atoms with Crippen molar-refractivity contribution in [3.05, 3.63) is 41.0 Å². The minimum Gasteiger partial charge on any atom is -0.368 e. The quantitative estimate of drug-likeness (QED) is 0.874. The highest BCUT2D eigenvalue weighted by Crippen LogP contribution is 2.31. The smallest absolute Gasteiger partial charge is 0.274 e. The van der Waals surface area contributed by atoms with Gasteiger partial charge in [0.05, 0.1) is 9.88 Å². The number of thiazole rings is 1. The number of hydrogen-bond donors (Lipinski definition) is 1. The zero-order valence-corrected chi connectivity index (χ0v) is 15.3. The van der Waals surface area contributed by atoms with Gasteiger partial charge in [0.1, 0.15) is 11.7 Å². The zero-order valence-electron chi connectivity index (χ0n) is 14.4. The molecule has 2 aromatic rings. The number of aryl methyl sites for hydroxylation is 1. The highest BCUT2D eigenvalue weighted by Gasteiger charge is 2.29. The van der Waals surface area contributed by atoms with E-state index in [9.17, 15) is 9.59 Å². The van der Waals surface area contributed by atoms with Crippen molar-refractivity contribution in [2.45, 2.75) is 33.2 Å². The summed E-state index contributed by atoms with van der Waals surface area (Å²) in [5.41, 5.74) is 6.83. The summed E-state index contributed by atoms with van der Waals surface area (Å²) >= 11 is 1.47. The van der Waals surface area contributed by atoms with Gasteiger partial charge in [-0.15, -0.1) is 11.3 Å². The number of nitrogens with two attached hydrogens (primary N) is 1. The van der Waals surface area contributed by atoms with Crippen LogP contribution in [0.2, 0.25) is 0 Å². The van der Waals surface area contributed by atoms with Gasteiger partial charge in [0.25, 0.3) is 5.91 Å². The molecule has 0 saturated carbocycles. The Bertz CT molecular complexity index is 725. The molecule has 5 nitrogen and oxygen atoms in total. The van der Waals surface area contributed by atoms with Gasteiger partial charge in [-0.1, -0.05) is 44.2 Å². The summed E-state index contributed by atoms with van der Waals surface area (Å²) in [6.07, 6.45) is 0.529. The van der Waals surface area contributed by atoms with Crippen LogP contribution in [-0.2, 0) is 4.79 Å². The lowest BCUT2D eigenvalue weighted by molar-refractivity contribution is -0.122. The van der Waals surface area contributed by atoms with Crippen molar-refractivity contribution in [3.63, 3.8) is 0 Å². The SMILES string of the molecule is Cc1nc(C(=O)N(C)[C@H](CC(C)C)C(N)=O)c(-c2ccccc2)s1. The molecule has 0 unspecified atom stereocenters. The predicted molar refractivity (Wildman–Crippen MR) is 96.8 cm³/mol. The summed E-state index contributed by atoms with van der Waals surface area (Å²) in [4.78, 5) is 31.4. The summed E-state index contributed by atoms with van der Waals surface area (Å²) in [6, 6.07) is 9.03. The molecule has 2 amide bonds. The van der Waals surface area contributed by atoms with Gasteiger partial charge in [0.2, 0.25) is 5.91 Å². The van der Waals surface area contributed by atoms with Crippen LogP contribution in [0.3, 0.4) is 0 Å². The number of carbonyl (C=O) groups is 2. The van der Waals surface area contributed by atoms with Crippen molar-refractivity contribution < 1.29 is 9.59 Å². The fraction of sp³-hybridized carbons (Fsp3) is 0.389. The van der Waals surface area contributed by atoms with Crippen molar-refractivity contribution in [2.75, 3.05) is 7.05 Å². The molecule has 2 N–H and O–H groups in total. The van der Waals surface area contributed by atoms with Crippen molar-refractivity contribution in [1.82, 2.24) is 9.88 Å². The van der Waals surface area contributed by atoms with E-state index in [1.807, 2.05) is 51.1 Å². The van der Waals surface area contributed by atoms with Gasteiger partial charge in [-0.05, 0) is 24.8 Å². The molecule has 0 aliphatic carbocycles. The van der Waals surface area contributed by atoms with Gasteiger partial charge in [-0.3, -0.25) is 9.59 Å². The Hall–Kier alpha value is -2.21. The summed E-state index contributed by atoms with van der Waals surface area (Å²) in [6.45, 7) is 5.86. The van der Waals surface area contributed by atoms with Crippen LogP contribution in [0.1, 0.15) is 35.8 Å². The molecule has 24 heavy (non-hydrogen) atoms. The van der Waals surface area contributed by atoms with E-state index in [2.05, 4.69) is 4.98 Å². The van der Waals surface area contributed by atoms with Crippen LogP contribution in [-0.4, -0.2) is 34.8 Å². The summed E-state index contributed by atoms with van der Waals surface area (Å²) in [5, 5.41) is 0.810. The molecule has 1 atom stereocenters. The summed E-state index contributed by atoms with van der Waals surface area (Å²) in [5.74, 6) is -0.515. The molecular formula is C18H23N3O2S. The molecule has 0 fully saturated rings. The molecule has 1 aromatic carbocycles. The number of aromatic nitrogens is 1. The van der Waals surface area contributed by atoms with Gasteiger partial charge in [-0.2, -0.15) is 0 Å². The van der Waals surface area contributed by atoms with Crippen LogP contribution in [0.4, 0.5) is 0 Å². The Morgan fingerprint density at radius 1 is 1.25 bits per heavy atom. The van der Waals surface area contributed by atoms with E-state index < -0.39 is 11.9 Å². The molecule has 0 bridgehead atoms. The van der Waals surface area contributed by atoms with Crippen LogP contribution in [0, 0.1) is 12.8 Å². The normalized spacial score (nSPS) is 12.2. The van der Waals surface area contributed by atoms with Crippen molar-refractivity contribution >= 4 is 23.2 Å². The maximum Gasteiger partial charge on any atom is 0.274 e. The minimum absolute atomic E-state index is 0.253. The molecule has 0 aliphatic heterocycles. The second-order valence-electron chi connectivity index (χ2n) is 6.24. The van der Waals surface area contributed by atoms with Crippen molar-refractivity contribution in [2.24, 2.45) is 11.7 Å². The van der Waals surface area contributed by atoms with E-state index in [1.165, 1.54) is 16.2 Å². The van der Waals surface area contributed by atoms with Gasteiger partial charge in [-0.25, -0.2) is 4.98 Å². The van der Waals surface area contributed by atoms with Crippen LogP contribution >= 0.6 is 11.3 Å². The molecule has 128 valence electrons. The number of benzene rings is 1. The summed E-state index contributed by atoms with van der Waals surface area (Å²) < 4.78 is 0. The van der Waals surface area contributed by atoms with Crippen LogP contribution in [0.25, 0.3) is 10.4 Å². The molecule has 6 heteroatoms. The van der Waals surface area contributed by atoms with E-state index in [0.29, 0.717) is 12.1 Å². The van der Waals surface area contributed by atoms with E-state index in [0.717, 1.165) is 15.4 Å². The first kappa shape index (κ1) is 18.1. The Morgan fingerprint density at radius 2 is 1.88 bits per heavy atom. The lowest BCUT2D eigenvalue weighted by Gasteiger charge is -2.26. The number of nitrogens with zero attached hydrogens (tertiary/aromatic N) is 2. The second-order valence-corrected chi connectivity index (χ2v) is 7.44. The van der Waals surface area contributed by atoms with E-state index in [4.69, 9.17) is 5.73 Å². The van der Waals surface area contributed by atoms with Gasteiger partial charge in [0.15, 0.2) is 0 Å². The standard InChI is InChI=1S/C18H23N3O2S/c1-11(2)10-14(17(19)22)21(4)18(23)15-16(24-12(3)20-15)13-8-6-5-7-9-13/h5-9,11,14H,10H2,1-4H3,(H2,19,22)/t14-/m1/s1. The lowest BCUT2D eigenvalue weighted by Crippen LogP contribution is -2.46. The van der Waals surface area contributed by atoms with Crippen LogP contribution in [0.5, 0.6) is 0 Å². The average Bonchev–Trinajstić information content (AvgIpc) is 2.93.